The number of likely N-dealkylation sites (tertiary alicyclic amines) is 2. The van der Waals surface area contributed by atoms with Crippen molar-refractivity contribution in [2.75, 3.05) is 32.7 Å². The van der Waals surface area contributed by atoms with Crippen LogP contribution in [0.5, 0.6) is 5.75 Å². The number of primary amides is 1. The van der Waals surface area contributed by atoms with Crippen molar-refractivity contribution in [1.82, 2.24) is 9.80 Å². The summed E-state index contributed by atoms with van der Waals surface area (Å²) in [6.45, 7) is 5.27. The van der Waals surface area contributed by atoms with Crippen LogP contribution >= 0.6 is 0 Å². The SMILES string of the molecule is Cc1ccc(OC2CCN(C(=O)[C@H]3CCCN(CC(N)=O)C3)CC2)cc1. The highest BCUT2D eigenvalue weighted by Crippen LogP contribution is 2.23. The summed E-state index contributed by atoms with van der Waals surface area (Å²) in [5, 5.41) is 0. The summed E-state index contributed by atoms with van der Waals surface area (Å²) in [6.07, 6.45) is 3.72. The summed E-state index contributed by atoms with van der Waals surface area (Å²) >= 11 is 0. The van der Waals surface area contributed by atoms with Gasteiger partial charge in [-0.05, 0) is 38.4 Å². The number of piperidine rings is 2. The lowest BCUT2D eigenvalue weighted by atomic mass is 9.95. The molecule has 0 unspecified atom stereocenters. The Hall–Kier alpha value is -2.08. The lowest BCUT2D eigenvalue weighted by molar-refractivity contribution is -0.139. The summed E-state index contributed by atoms with van der Waals surface area (Å²) < 4.78 is 6.05. The van der Waals surface area contributed by atoms with Crippen LogP contribution in [0.4, 0.5) is 0 Å². The van der Waals surface area contributed by atoms with Gasteiger partial charge in [-0.25, -0.2) is 0 Å². The van der Waals surface area contributed by atoms with Crippen LogP contribution in [0.2, 0.25) is 0 Å². The first-order valence-corrected chi connectivity index (χ1v) is 9.54. The standard InChI is InChI=1S/C20H29N3O3/c1-15-4-6-17(7-5-15)26-18-8-11-23(12-9-18)20(25)16-3-2-10-22(13-16)14-19(21)24/h4-7,16,18H,2-3,8-14H2,1H3,(H2,21,24)/t16-/m0/s1. The number of ether oxygens (including phenoxy) is 1. The highest BCUT2D eigenvalue weighted by molar-refractivity contribution is 5.80. The Kier molecular flexibility index (Phi) is 6.14. The molecule has 0 bridgehead atoms. The van der Waals surface area contributed by atoms with Gasteiger partial charge in [0.2, 0.25) is 11.8 Å². The molecule has 0 saturated carbocycles. The fourth-order valence-electron chi connectivity index (χ4n) is 3.88. The van der Waals surface area contributed by atoms with Gasteiger partial charge in [0, 0.05) is 32.5 Å². The molecule has 6 heteroatoms. The predicted molar refractivity (Wildman–Crippen MR) is 99.8 cm³/mol. The second-order valence-corrected chi connectivity index (χ2v) is 7.50. The van der Waals surface area contributed by atoms with E-state index in [9.17, 15) is 9.59 Å². The van der Waals surface area contributed by atoms with Crippen molar-refractivity contribution in [2.45, 2.75) is 38.7 Å². The number of benzene rings is 1. The Labute approximate surface area is 155 Å². The molecule has 0 aromatic heterocycles. The lowest BCUT2D eigenvalue weighted by Crippen LogP contribution is -2.49. The third-order valence-corrected chi connectivity index (χ3v) is 5.31. The molecule has 142 valence electrons. The molecule has 1 atom stereocenters. The Morgan fingerprint density at radius 1 is 1.12 bits per heavy atom. The van der Waals surface area contributed by atoms with Gasteiger partial charge in [-0.2, -0.15) is 0 Å². The molecule has 2 N–H and O–H groups in total. The summed E-state index contributed by atoms with van der Waals surface area (Å²) in [4.78, 5) is 27.9. The number of nitrogens with zero attached hydrogens (tertiary/aromatic N) is 2. The van der Waals surface area contributed by atoms with Crippen molar-refractivity contribution < 1.29 is 14.3 Å². The summed E-state index contributed by atoms with van der Waals surface area (Å²) in [5.41, 5.74) is 6.50. The maximum Gasteiger partial charge on any atom is 0.231 e. The fourth-order valence-corrected chi connectivity index (χ4v) is 3.88. The average molecular weight is 359 g/mol. The van der Waals surface area contributed by atoms with Crippen LogP contribution in [0.15, 0.2) is 24.3 Å². The van der Waals surface area contributed by atoms with Gasteiger partial charge in [0.05, 0.1) is 12.5 Å². The number of aryl methyl sites for hydroxylation is 1. The molecule has 2 aliphatic heterocycles. The highest BCUT2D eigenvalue weighted by Gasteiger charge is 2.32. The molecule has 2 fully saturated rings. The molecular formula is C20H29N3O3. The molecule has 2 amide bonds. The number of nitrogens with two attached hydrogens (primary N) is 1. The average Bonchev–Trinajstić information content (AvgIpc) is 2.63. The van der Waals surface area contributed by atoms with Gasteiger partial charge >= 0.3 is 0 Å². The first kappa shape index (κ1) is 18.7. The fraction of sp³-hybridized carbons (Fsp3) is 0.600. The van der Waals surface area contributed by atoms with Crippen molar-refractivity contribution in [3.05, 3.63) is 29.8 Å². The number of amides is 2. The van der Waals surface area contributed by atoms with E-state index in [4.69, 9.17) is 10.5 Å². The second kappa shape index (κ2) is 8.54. The zero-order valence-corrected chi connectivity index (χ0v) is 15.5. The number of carbonyl (C=O) groups excluding carboxylic acids is 2. The van der Waals surface area contributed by atoms with E-state index < -0.39 is 0 Å². The Morgan fingerprint density at radius 3 is 2.46 bits per heavy atom. The van der Waals surface area contributed by atoms with Crippen molar-refractivity contribution in [3.8, 4) is 5.75 Å². The second-order valence-electron chi connectivity index (χ2n) is 7.50. The topological polar surface area (TPSA) is 75.9 Å². The van der Waals surface area contributed by atoms with E-state index in [0.717, 1.165) is 51.1 Å². The molecule has 2 saturated heterocycles. The van der Waals surface area contributed by atoms with E-state index in [0.29, 0.717) is 6.54 Å². The maximum atomic E-state index is 12.8. The van der Waals surface area contributed by atoms with Gasteiger partial charge < -0.3 is 15.4 Å². The molecule has 1 aromatic carbocycles. The minimum Gasteiger partial charge on any atom is -0.490 e. The number of carbonyl (C=O) groups is 2. The zero-order valence-electron chi connectivity index (χ0n) is 15.5. The van der Waals surface area contributed by atoms with Crippen molar-refractivity contribution in [2.24, 2.45) is 11.7 Å². The Morgan fingerprint density at radius 2 is 1.81 bits per heavy atom. The van der Waals surface area contributed by atoms with E-state index in [1.165, 1.54) is 5.56 Å². The van der Waals surface area contributed by atoms with Crippen molar-refractivity contribution in [3.63, 3.8) is 0 Å². The molecule has 6 nitrogen and oxygen atoms in total. The summed E-state index contributed by atoms with van der Waals surface area (Å²) in [6, 6.07) is 8.11. The number of hydrogen-bond acceptors (Lipinski definition) is 4. The van der Waals surface area contributed by atoms with Crippen LogP contribution in [-0.4, -0.2) is 60.4 Å². The Balaban J connectivity index is 1.47. The van der Waals surface area contributed by atoms with Crippen LogP contribution in [-0.2, 0) is 9.59 Å². The molecule has 26 heavy (non-hydrogen) atoms. The van der Waals surface area contributed by atoms with Crippen molar-refractivity contribution in [1.29, 1.82) is 0 Å². The van der Waals surface area contributed by atoms with Gasteiger partial charge in [-0.15, -0.1) is 0 Å². The molecule has 0 aliphatic carbocycles. The maximum absolute atomic E-state index is 12.8. The molecule has 0 radical (unpaired) electrons. The predicted octanol–water partition coefficient (Wildman–Crippen LogP) is 1.56. The van der Waals surface area contributed by atoms with Crippen molar-refractivity contribution >= 4 is 11.8 Å². The summed E-state index contributed by atoms with van der Waals surface area (Å²) in [7, 11) is 0. The summed E-state index contributed by atoms with van der Waals surface area (Å²) in [5.74, 6) is 0.771. The Bertz CT molecular complexity index is 624. The highest BCUT2D eigenvalue weighted by atomic mass is 16.5. The normalized spacial score (nSPS) is 22.2. The number of rotatable bonds is 5. The zero-order chi connectivity index (χ0) is 18.5. The smallest absolute Gasteiger partial charge is 0.231 e. The molecular weight excluding hydrogens is 330 g/mol. The monoisotopic (exact) mass is 359 g/mol. The van der Waals surface area contributed by atoms with Crippen LogP contribution in [0.3, 0.4) is 0 Å². The third kappa shape index (κ3) is 4.97. The number of hydrogen-bond donors (Lipinski definition) is 1. The lowest BCUT2D eigenvalue weighted by Gasteiger charge is -2.37. The first-order chi connectivity index (χ1) is 12.5. The van der Waals surface area contributed by atoms with Gasteiger partial charge in [0.15, 0.2) is 0 Å². The van der Waals surface area contributed by atoms with Gasteiger partial charge in [0.25, 0.3) is 0 Å². The third-order valence-electron chi connectivity index (χ3n) is 5.31. The van der Waals surface area contributed by atoms with E-state index in [2.05, 4.69) is 19.1 Å². The van der Waals surface area contributed by atoms with E-state index in [1.54, 1.807) is 0 Å². The van der Waals surface area contributed by atoms with E-state index in [-0.39, 0.29) is 30.4 Å². The molecule has 2 heterocycles. The van der Waals surface area contributed by atoms with Gasteiger partial charge in [0.1, 0.15) is 11.9 Å². The molecule has 1 aromatic rings. The first-order valence-electron chi connectivity index (χ1n) is 9.54. The van der Waals surface area contributed by atoms with Crippen LogP contribution < -0.4 is 10.5 Å². The quantitative estimate of drug-likeness (QED) is 0.866. The molecule has 3 rings (SSSR count). The van der Waals surface area contributed by atoms with Crippen LogP contribution in [0.25, 0.3) is 0 Å². The van der Waals surface area contributed by atoms with Crippen LogP contribution in [0, 0.1) is 12.8 Å². The van der Waals surface area contributed by atoms with E-state index in [1.807, 2.05) is 21.9 Å². The van der Waals surface area contributed by atoms with Gasteiger partial charge in [-0.3, -0.25) is 14.5 Å². The van der Waals surface area contributed by atoms with Crippen LogP contribution in [0.1, 0.15) is 31.2 Å². The van der Waals surface area contributed by atoms with Gasteiger partial charge in [-0.1, -0.05) is 17.7 Å². The minimum absolute atomic E-state index is 0.0160. The molecule has 2 aliphatic rings. The minimum atomic E-state index is -0.327. The van der Waals surface area contributed by atoms with E-state index >= 15 is 0 Å². The largest absolute Gasteiger partial charge is 0.490 e. The molecule has 0 spiro atoms.